The van der Waals surface area contributed by atoms with E-state index in [1.54, 1.807) is 5.32 Å². The number of carbonyl (C=O) groups is 2. The van der Waals surface area contributed by atoms with Gasteiger partial charge in [0.25, 0.3) is 0 Å². The zero-order valence-electron chi connectivity index (χ0n) is 8.88. The molecule has 0 aliphatic heterocycles. The van der Waals surface area contributed by atoms with Crippen LogP contribution in [0.2, 0.25) is 0 Å². The Morgan fingerprint density at radius 2 is 1.65 bits per heavy atom. The van der Waals surface area contributed by atoms with Crippen molar-refractivity contribution in [3.05, 3.63) is 0 Å². The van der Waals surface area contributed by atoms with Crippen LogP contribution in [0, 0.1) is 11.8 Å². The third-order valence-corrected chi connectivity index (χ3v) is 3.76. The van der Waals surface area contributed by atoms with Gasteiger partial charge >= 0.3 is 18.1 Å². The Balaban J connectivity index is 2.16. The van der Waals surface area contributed by atoms with Gasteiger partial charge in [-0.25, -0.2) is 4.79 Å². The monoisotopic (exact) mass is 251 g/mol. The molecule has 0 spiro atoms. The van der Waals surface area contributed by atoms with E-state index in [9.17, 15) is 22.8 Å². The maximum Gasteiger partial charge on any atom is 0.471 e. The minimum absolute atomic E-state index is 0.347. The summed E-state index contributed by atoms with van der Waals surface area (Å²) in [5.74, 6) is -4.21. The van der Waals surface area contributed by atoms with Crippen molar-refractivity contribution >= 4 is 11.9 Å². The standard InChI is InChI=1S/C10H12F3NO3/c11-10(12,13)7(15)14-9(8(16)17)5-3-1-2-4-6(5)9/h5-6H,1-4H2,(H,14,15)(H,16,17). The summed E-state index contributed by atoms with van der Waals surface area (Å²) in [6, 6.07) is 0. The van der Waals surface area contributed by atoms with Crippen LogP contribution in [0.3, 0.4) is 0 Å². The molecule has 0 aromatic carbocycles. The second-order valence-corrected chi connectivity index (χ2v) is 4.62. The molecule has 2 N–H and O–H groups in total. The quantitative estimate of drug-likeness (QED) is 0.777. The summed E-state index contributed by atoms with van der Waals surface area (Å²) in [5.41, 5.74) is -1.68. The van der Waals surface area contributed by atoms with Crippen LogP contribution in [-0.2, 0) is 9.59 Å². The average Bonchev–Trinajstić information content (AvgIpc) is 2.87. The summed E-state index contributed by atoms with van der Waals surface area (Å²) in [5, 5.41) is 10.8. The smallest absolute Gasteiger partial charge is 0.471 e. The number of amides is 1. The Kier molecular flexibility index (Phi) is 2.59. The summed E-state index contributed by atoms with van der Waals surface area (Å²) >= 11 is 0. The Morgan fingerprint density at radius 1 is 1.18 bits per heavy atom. The molecular weight excluding hydrogens is 239 g/mol. The molecule has 2 aliphatic carbocycles. The fourth-order valence-electron chi connectivity index (χ4n) is 2.94. The van der Waals surface area contributed by atoms with Crippen LogP contribution in [0.1, 0.15) is 25.7 Å². The molecule has 2 fully saturated rings. The topological polar surface area (TPSA) is 66.4 Å². The predicted molar refractivity (Wildman–Crippen MR) is 50.0 cm³/mol. The zero-order chi connectivity index (χ0) is 12.8. The van der Waals surface area contributed by atoms with Crippen molar-refractivity contribution in [2.75, 3.05) is 0 Å². The minimum atomic E-state index is -5.03. The Morgan fingerprint density at radius 3 is 2.00 bits per heavy atom. The molecule has 2 aliphatic rings. The summed E-state index contributed by atoms with van der Waals surface area (Å²) in [4.78, 5) is 22.0. The van der Waals surface area contributed by atoms with Gasteiger partial charge in [0.05, 0.1) is 0 Å². The molecule has 2 unspecified atom stereocenters. The first-order valence-electron chi connectivity index (χ1n) is 5.43. The summed E-state index contributed by atoms with van der Waals surface area (Å²) in [7, 11) is 0. The molecule has 0 heterocycles. The van der Waals surface area contributed by atoms with Gasteiger partial charge in [0.2, 0.25) is 0 Å². The maximum atomic E-state index is 12.1. The number of hydrogen-bond donors (Lipinski definition) is 2. The number of hydrogen-bond acceptors (Lipinski definition) is 2. The molecule has 96 valence electrons. The number of rotatable bonds is 2. The van der Waals surface area contributed by atoms with Gasteiger partial charge in [-0.05, 0) is 24.7 Å². The summed E-state index contributed by atoms with van der Waals surface area (Å²) < 4.78 is 36.4. The van der Waals surface area contributed by atoms with E-state index in [-0.39, 0.29) is 11.8 Å². The molecule has 0 aromatic heterocycles. The highest BCUT2D eigenvalue weighted by atomic mass is 19.4. The van der Waals surface area contributed by atoms with Crippen molar-refractivity contribution < 1.29 is 27.9 Å². The van der Waals surface area contributed by atoms with Crippen LogP contribution in [0.15, 0.2) is 0 Å². The second kappa shape index (κ2) is 3.61. The van der Waals surface area contributed by atoms with E-state index in [0.29, 0.717) is 12.8 Å². The molecule has 2 atom stereocenters. The zero-order valence-corrected chi connectivity index (χ0v) is 8.88. The molecule has 2 rings (SSSR count). The van der Waals surface area contributed by atoms with Crippen molar-refractivity contribution in [3.63, 3.8) is 0 Å². The van der Waals surface area contributed by atoms with Crippen molar-refractivity contribution in [1.29, 1.82) is 0 Å². The molecule has 7 heteroatoms. The van der Waals surface area contributed by atoms with Crippen LogP contribution in [0.4, 0.5) is 13.2 Å². The maximum absolute atomic E-state index is 12.1. The molecule has 0 aromatic rings. The van der Waals surface area contributed by atoms with Crippen molar-refractivity contribution in [1.82, 2.24) is 5.32 Å². The first-order chi connectivity index (χ1) is 7.80. The SMILES string of the molecule is O=C(NC1(C(=O)O)C2CCCCC21)C(F)(F)F. The number of carboxylic acids is 1. The van der Waals surface area contributed by atoms with Crippen LogP contribution >= 0.6 is 0 Å². The molecule has 2 saturated carbocycles. The number of alkyl halides is 3. The van der Waals surface area contributed by atoms with E-state index in [2.05, 4.69) is 0 Å². The molecule has 0 radical (unpaired) electrons. The highest BCUT2D eigenvalue weighted by molar-refractivity contribution is 5.93. The third kappa shape index (κ3) is 1.77. The lowest BCUT2D eigenvalue weighted by atomic mass is 10.0. The number of fused-ring (bicyclic) bond motifs is 1. The lowest BCUT2D eigenvalue weighted by Crippen LogP contribution is -2.51. The molecule has 0 bridgehead atoms. The van der Waals surface area contributed by atoms with Gasteiger partial charge < -0.3 is 10.4 Å². The summed E-state index contributed by atoms with van der Waals surface area (Å²) in [6.45, 7) is 0. The molecule has 4 nitrogen and oxygen atoms in total. The third-order valence-electron chi connectivity index (χ3n) is 3.76. The molecule has 1 amide bonds. The first kappa shape index (κ1) is 12.2. The largest absolute Gasteiger partial charge is 0.479 e. The second-order valence-electron chi connectivity index (χ2n) is 4.62. The summed E-state index contributed by atoms with van der Waals surface area (Å²) in [6.07, 6.45) is -2.30. The molecule has 0 saturated heterocycles. The van der Waals surface area contributed by atoms with Gasteiger partial charge in [0, 0.05) is 0 Å². The normalized spacial score (nSPS) is 35.9. The van der Waals surface area contributed by atoms with Gasteiger partial charge in [-0.2, -0.15) is 13.2 Å². The van der Waals surface area contributed by atoms with Crippen molar-refractivity contribution in [2.45, 2.75) is 37.4 Å². The number of nitrogens with one attached hydrogen (secondary N) is 1. The van der Waals surface area contributed by atoms with Crippen molar-refractivity contribution in [3.8, 4) is 0 Å². The van der Waals surface area contributed by atoms with E-state index in [0.717, 1.165) is 12.8 Å². The van der Waals surface area contributed by atoms with Crippen LogP contribution in [0.5, 0.6) is 0 Å². The van der Waals surface area contributed by atoms with Crippen LogP contribution in [-0.4, -0.2) is 28.7 Å². The fourth-order valence-corrected chi connectivity index (χ4v) is 2.94. The van der Waals surface area contributed by atoms with E-state index in [1.807, 2.05) is 0 Å². The van der Waals surface area contributed by atoms with E-state index in [1.165, 1.54) is 0 Å². The van der Waals surface area contributed by atoms with Gasteiger partial charge in [-0.1, -0.05) is 12.8 Å². The minimum Gasteiger partial charge on any atom is -0.479 e. The molecular formula is C10H12F3NO3. The predicted octanol–water partition coefficient (Wildman–Crippen LogP) is 1.31. The first-order valence-corrected chi connectivity index (χ1v) is 5.43. The van der Waals surface area contributed by atoms with Gasteiger partial charge in [-0.15, -0.1) is 0 Å². The van der Waals surface area contributed by atoms with Gasteiger partial charge in [0.1, 0.15) is 5.54 Å². The Labute approximate surface area is 95.2 Å². The van der Waals surface area contributed by atoms with Crippen molar-refractivity contribution in [2.24, 2.45) is 11.8 Å². The number of carbonyl (C=O) groups excluding carboxylic acids is 1. The Bertz CT molecular complexity index is 354. The van der Waals surface area contributed by atoms with Gasteiger partial charge in [-0.3, -0.25) is 4.79 Å². The average molecular weight is 251 g/mol. The Hall–Kier alpha value is -1.27. The van der Waals surface area contributed by atoms with E-state index < -0.39 is 23.6 Å². The number of carboxylic acid groups (broad SMARTS) is 1. The van der Waals surface area contributed by atoms with E-state index >= 15 is 0 Å². The number of aliphatic carboxylic acids is 1. The molecule has 17 heavy (non-hydrogen) atoms. The fraction of sp³-hybridized carbons (Fsp3) is 0.800. The van der Waals surface area contributed by atoms with E-state index in [4.69, 9.17) is 5.11 Å². The van der Waals surface area contributed by atoms with Gasteiger partial charge in [0.15, 0.2) is 0 Å². The highest BCUT2D eigenvalue weighted by Gasteiger charge is 2.71. The lowest BCUT2D eigenvalue weighted by molar-refractivity contribution is -0.176. The lowest BCUT2D eigenvalue weighted by Gasteiger charge is -2.16. The highest BCUT2D eigenvalue weighted by Crippen LogP contribution is 2.58. The number of halogens is 3. The van der Waals surface area contributed by atoms with Crippen LogP contribution in [0.25, 0.3) is 0 Å². The van der Waals surface area contributed by atoms with Crippen LogP contribution < -0.4 is 5.32 Å².